The summed E-state index contributed by atoms with van der Waals surface area (Å²) in [4.78, 5) is 30.5. The Labute approximate surface area is 187 Å². The van der Waals surface area contributed by atoms with Crippen LogP contribution in [0.3, 0.4) is 0 Å². The largest absolute Gasteiger partial charge is 0.444 e. The van der Waals surface area contributed by atoms with Crippen molar-refractivity contribution in [3.63, 3.8) is 0 Å². The van der Waals surface area contributed by atoms with E-state index in [9.17, 15) is 9.59 Å². The second kappa shape index (κ2) is 12.6. The first-order chi connectivity index (χ1) is 14.4. The van der Waals surface area contributed by atoms with E-state index < -0.39 is 17.3 Å². The number of aliphatic imine (C=N–C) groups is 1. The van der Waals surface area contributed by atoms with E-state index in [0.717, 1.165) is 38.3 Å². The molecule has 1 unspecified atom stereocenters. The van der Waals surface area contributed by atoms with Crippen LogP contribution in [0.4, 0.5) is 9.59 Å². The third-order valence-electron chi connectivity index (χ3n) is 4.34. The number of hydrogen-bond donors (Lipinski definition) is 3. The van der Waals surface area contributed by atoms with Crippen LogP contribution >= 0.6 is 0 Å². The fourth-order valence-corrected chi connectivity index (χ4v) is 3.07. The molecule has 1 saturated heterocycles. The van der Waals surface area contributed by atoms with Gasteiger partial charge in [0, 0.05) is 39.3 Å². The molecule has 0 aromatic carbocycles. The van der Waals surface area contributed by atoms with Gasteiger partial charge in [-0.15, -0.1) is 0 Å². The van der Waals surface area contributed by atoms with Gasteiger partial charge in [-0.3, -0.25) is 4.99 Å². The molecule has 1 atom stereocenters. The van der Waals surface area contributed by atoms with Crippen LogP contribution in [0.2, 0.25) is 0 Å². The lowest BCUT2D eigenvalue weighted by molar-refractivity contribution is 0.0170. The molecule has 9 nitrogen and oxygen atoms in total. The number of piperidine rings is 1. The SMILES string of the molecule is CCNC(=NCC1CCCN(C(=O)OC(C)(C)C)C1)NCCCNC(=O)OC(C)(C)C. The number of rotatable bonds is 7. The Hall–Kier alpha value is -2.19. The Balaban J connectivity index is 2.40. The molecule has 1 heterocycles. The molecule has 0 radical (unpaired) electrons. The predicted octanol–water partition coefficient (Wildman–Crippen LogP) is 3.10. The fourth-order valence-electron chi connectivity index (χ4n) is 3.07. The first-order valence-corrected chi connectivity index (χ1v) is 11.4. The monoisotopic (exact) mass is 441 g/mol. The second-order valence-corrected chi connectivity index (χ2v) is 9.86. The van der Waals surface area contributed by atoms with Gasteiger partial charge in [-0.05, 0) is 73.6 Å². The lowest BCUT2D eigenvalue weighted by Gasteiger charge is -2.33. The fraction of sp³-hybridized carbons (Fsp3) is 0.864. The maximum absolute atomic E-state index is 12.3. The number of nitrogens with one attached hydrogen (secondary N) is 3. The van der Waals surface area contributed by atoms with E-state index in [2.05, 4.69) is 16.0 Å². The summed E-state index contributed by atoms with van der Waals surface area (Å²) >= 11 is 0. The highest BCUT2D eigenvalue weighted by Crippen LogP contribution is 2.19. The molecule has 1 fully saturated rings. The summed E-state index contributed by atoms with van der Waals surface area (Å²) in [5.41, 5.74) is -0.978. The highest BCUT2D eigenvalue weighted by molar-refractivity contribution is 5.79. The minimum absolute atomic E-state index is 0.247. The predicted molar refractivity (Wildman–Crippen MR) is 123 cm³/mol. The quantitative estimate of drug-likeness (QED) is 0.319. The van der Waals surface area contributed by atoms with Crippen molar-refractivity contribution in [3.05, 3.63) is 0 Å². The number of ether oxygens (including phenoxy) is 2. The second-order valence-electron chi connectivity index (χ2n) is 9.86. The van der Waals surface area contributed by atoms with Gasteiger partial charge in [-0.2, -0.15) is 0 Å². The number of carbonyl (C=O) groups excluding carboxylic acids is 2. The number of nitrogens with zero attached hydrogens (tertiary/aromatic N) is 2. The molecular weight excluding hydrogens is 398 g/mol. The first kappa shape index (κ1) is 26.8. The van der Waals surface area contributed by atoms with E-state index in [4.69, 9.17) is 14.5 Å². The van der Waals surface area contributed by atoms with Crippen LogP contribution < -0.4 is 16.0 Å². The average Bonchev–Trinajstić information content (AvgIpc) is 2.63. The third-order valence-corrected chi connectivity index (χ3v) is 4.34. The van der Waals surface area contributed by atoms with E-state index >= 15 is 0 Å². The number of guanidine groups is 1. The van der Waals surface area contributed by atoms with E-state index in [1.54, 1.807) is 4.90 Å². The number of carbonyl (C=O) groups is 2. The summed E-state index contributed by atoms with van der Waals surface area (Å²) in [5, 5.41) is 9.28. The van der Waals surface area contributed by atoms with Gasteiger partial charge >= 0.3 is 12.2 Å². The highest BCUT2D eigenvalue weighted by atomic mass is 16.6. The molecule has 3 N–H and O–H groups in total. The lowest BCUT2D eigenvalue weighted by atomic mass is 9.98. The van der Waals surface area contributed by atoms with Gasteiger partial charge in [0.1, 0.15) is 11.2 Å². The van der Waals surface area contributed by atoms with E-state index in [0.29, 0.717) is 32.1 Å². The molecule has 0 aliphatic carbocycles. The lowest BCUT2D eigenvalue weighted by Crippen LogP contribution is -2.44. The summed E-state index contributed by atoms with van der Waals surface area (Å²) in [5.74, 6) is 1.06. The molecule has 9 heteroatoms. The molecule has 2 amide bonds. The number of alkyl carbamates (subject to hydrolysis) is 1. The number of likely N-dealkylation sites (tertiary alicyclic amines) is 1. The Morgan fingerprint density at radius 1 is 1.00 bits per heavy atom. The zero-order valence-corrected chi connectivity index (χ0v) is 20.5. The summed E-state index contributed by atoms with van der Waals surface area (Å²) in [6, 6.07) is 0. The van der Waals surface area contributed by atoms with Crippen molar-refractivity contribution in [2.24, 2.45) is 10.9 Å². The van der Waals surface area contributed by atoms with Gasteiger partial charge in [0.25, 0.3) is 0 Å². The highest BCUT2D eigenvalue weighted by Gasteiger charge is 2.27. The molecule has 0 saturated carbocycles. The smallest absolute Gasteiger partial charge is 0.410 e. The summed E-state index contributed by atoms with van der Waals surface area (Å²) in [6.45, 7) is 17.2. The maximum atomic E-state index is 12.3. The minimum atomic E-state index is -0.495. The van der Waals surface area contributed by atoms with E-state index in [-0.39, 0.29) is 6.09 Å². The molecule has 31 heavy (non-hydrogen) atoms. The summed E-state index contributed by atoms with van der Waals surface area (Å²) in [7, 11) is 0. The van der Waals surface area contributed by atoms with Crippen molar-refractivity contribution in [2.75, 3.05) is 39.3 Å². The maximum Gasteiger partial charge on any atom is 0.410 e. The van der Waals surface area contributed by atoms with Crippen molar-refractivity contribution < 1.29 is 19.1 Å². The summed E-state index contributed by atoms with van der Waals surface area (Å²) in [6.07, 6.45) is 2.10. The van der Waals surface area contributed by atoms with Crippen LogP contribution in [0.25, 0.3) is 0 Å². The van der Waals surface area contributed by atoms with Gasteiger partial charge in [-0.25, -0.2) is 9.59 Å². The van der Waals surface area contributed by atoms with Crippen molar-refractivity contribution in [3.8, 4) is 0 Å². The summed E-state index contributed by atoms with van der Waals surface area (Å²) < 4.78 is 10.7. The zero-order valence-electron chi connectivity index (χ0n) is 20.5. The van der Waals surface area contributed by atoms with Gasteiger partial charge < -0.3 is 30.3 Å². The van der Waals surface area contributed by atoms with E-state index in [1.807, 2.05) is 48.5 Å². The van der Waals surface area contributed by atoms with Gasteiger partial charge in [0.15, 0.2) is 5.96 Å². The number of hydrogen-bond acceptors (Lipinski definition) is 5. The molecular formula is C22H43N5O4. The van der Waals surface area contributed by atoms with Gasteiger partial charge in [-0.1, -0.05) is 0 Å². The van der Waals surface area contributed by atoms with Crippen LogP contribution in [-0.4, -0.2) is 73.5 Å². The number of amides is 2. The molecule has 1 aliphatic heterocycles. The van der Waals surface area contributed by atoms with Crippen LogP contribution in [-0.2, 0) is 9.47 Å². The first-order valence-electron chi connectivity index (χ1n) is 11.4. The van der Waals surface area contributed by atoms with Crippen molar-refractivity contribution in [1.29, 1.82) is 0 Å². The van der Waals surface area contributed by atoms with Crippen LogP contribution in [0, 0.1) is 5.92 Å². The minimum Gasteiger partial charge on any atom is -0.444 e. The normalized spacial score (nSPS) is 17.7. The van der Waals surface area contributed by atoms with Crippen molar-refractivity contribution in [2.45, 2.75) is 78.9 Å². The Morgan fingerprint density at radius 2 is 1.65 bits per heavy atom. The van der Waals surface area contributed by atoms with Crippen molar-refractivity contribution in [1.82, 2.24) is 20.9 Å². The van der Waals surface area contributed by atoms with E-state index in [1.165, 1.54) is 0 Å². The zero-order chi connectivity index (χ0) is 23.5. The van der Waals surface area contributed by atoms with Crippen LogP contribution in [0.15, 0.2) is 4.99 Å². The molecule has 1 rings (SSSR count). The Morgan fingerprint density at radius 3 is 2.26 bits per heavy atom. The van der Waals surface area contributed by atoms with Gasteiger partial charge in [0.2, 0.25) is 0 Å². The molecule has 180 valence electrons. The standard InChI is InChI=1S/C22H43N5O4/c1-8-23-18(24-12-10-13-25-19(28)30-21(2,3)4)26-15-17-11-9-14-27(16-17)20(29)31-22(5,6)7/h17H,8-16H2,1-7H3,(H,25,28)(H2,23,24,26). The Kier molecular flexibility index (Phi) is 10.9. The molecule has 0 aromatic rings. The van der Waals surface area contributed by atoms with Crippen LogP contribution in [0.5, 0.6) is 0 Å². The molecule has 0 bridgehead atoms. The van der Waals surface area contributed by atoms with Crippen LogP contribution in [0.1, 0.15) is 67.7 Å². The molecule has 0 aromatic heterocycles. The third kappa shape index (κ3) is 13.0. The van der Waals surface area contributed by atoms with Gasteiger partial charge in [0.05, 0.1) is 0 Å². The Bertz CT molecular complexity index is 596. The van der Waals surface area contributed by atoms with Crippen molar-refractivity contribution >= 4 is 18.1 Å². The molecule has 0 spiro atoms. The molecule has 1 aliphatic rings. The topological polar surface area (TPSA) is 104 Å². The average molecular weight is 442 g/mol.